The maximum atomic E-state index is 6.25. The SMILES string of the molecule is CC(C)[O][Al+][O]C(C)C.[C-]#N. The molecule has 0 aromatic heterocycles. The zero-order valence-electron chi connectivity index (χ0n) is 7.50. The number of rotatable bonds is 4. The van der Waals surface area contributed by atoms with Crippen LogP contribution in [0, 0.1) is 11.8 Å². The van der Waals surface area contributed by atoms with Gasteiger partial charge in [0.05, 0.1) is 0 Å². The summed E-state index contributed by atoms with van der Waals surface area (Å²) in [6.45, 7) is 12.8. The smallest absolute Gasteiger partial charge is 0.488 e. The fraction of sp³-hybridized carbons (Fsp3) is 0.857. The van der Waals surface area contributed by atoms with E-state index in [1.807, 2.05) is 27.7 Å². The van der Waals surface area contributed by atoms with Crippen molar-refractivity contribution in [2.75, 3.05) is 0 Å². The molecule has 11 heavy (non-hydrogen) atoms. The summed E-state index contributed by atoms with van der Waals surface area (Å²) in [4.78, 5) is 0. The third-order valence-corrected chi connectivity index (χ3v) is 1.97. The number of hydrogen-bond donors (Lipinski definition) is 0. The van der Waals surface area contributed by atoms with Crippen molar-refractivity contribution in [3.05, 3.63) is 6.57 Å². The molecule has 0 rings (SSSR count). The summed E-state index contributed by atoms with van der Waals surface area (Å²) in [6, 6.07) is 0. The molecule has 0 bridgehead atoms. The van der Waals surface area contributed by atoms with E-state index in [1.165, 1.54) is 0 Å². The zero-order valence-corrected chi connectivity index (χ0v) is 8.65. The predicted octanol–water partition coefficient (Wildman–Crippen LogP) is 1.47. The molecule has 0 radical (unpaired) electrons. The second kappa shape index (κ2) is 9.94. The first-order valence-corrected chi connectivity index (χ1v) is 4.42. The average molecular weight is 171 g/mol. The van der Waals surface area contributed by atoms with Crippen LogP contribution in [0.1, 0.15) is 27.7 Å². The summed E-state index contributed by atoms with van der Waals surface area (Å²) in [5.41, 5.74) is 0. The van der Waals surface area contributed by atoms with E-state index >= 15 is 0 Å². The third-order valence-electron chi connectivity index (χ3n) is 0.655. The van der Waals surface area contributed by atoms with E-state index in [0.29, 0.717) is 12.2 Å². The largest absolute Gasteiger partial charge is 0.512 e. The number of nitrogens with zero attached hydrogens (tertiary/aromatic N) is 1. The van der Waals surface area contributed by atoms with E-state index in [2.05, 4.69) is 0 Å². The Bertz CT molecular complexity index is 85.7. The van der Waals surface area contributed by atoms with Crippen molar-refractivity contribution in [3.8, 4) is 0 Å². The van der Waals surface area contributed by atoms with Crippen LogP contribution in [0.15, 0.2) is 0 Å². The molecule has 0 saturated carbocycles. The van der Waals surface area contributed by atoms with Gasteiger partial charge in [0.2, 0.25) is 0 Å². The summed E-state index contributed by atoms with van der Waals surface area (Å²) in [5, 5.41) is 6.25. The van der Waals surface area contributed by atoms with Crippen LogP contribution in [0.5, 0.6) is 0 Å². The van der Waals surface area contributed by atoms with E-state index in [0.717, 1.165) is 0 Å². The van der Waals surface area contributed by atoms with Crippen molar-refractivity contribution in [1.82, 2.24) is 0 Å². The van der Waals surface area contributed by atoms with Gasteiger partial charge < -0.3 is 11.8 Å². The Hall–Kier alpha value is -0.0575. The van der Waals surface area contributed by atoms with Crippen LogP contribution in [0.25, 0.3) is 0 Å². The van der Waals surface area contributed by atoms with Crippen LogP contribution in [-0.4, -0.2) is 28.1 Å². The molecule has 0 spiro atoms. The zero-order chi connectivity index (χ0) is 9.28. The first kappa shape index (κ1) is 13.5. The fourth-order valence-corrected chi connectivity index (χ4v) is 0.763. The van der Waals surface area contributed by atoms with Crippen molar-refractivity contribution >= 4 is 15.9 Å². The van der Waals surface area contributed by atoms with Crippen LogP contribution in [0.3, 0.4) is 0 Å². The van der Waals surface area contributed by atoms with E-state index in [9.17, 15) is 0 Å². The van der Waals surface area contributed by atoms with E-state index in [1.54, 1.807) is 0 Å². The van der Waals surface area contributed by atoms with E-state index in [4.69, 9.17) is 19.4 Å². The molecule has 0 aromatic carbocycles. The van der Waals surface area contributed by atoms with Gasteiger partial charge in [0.25, 0.3) is 0 Å². The third kappa shape index (κ3) is 17.8. The summed E-state index contributed by atoms with van der Waals surface area (Å²) >= 11 is -0.245. The molecule has 0 amide bonds. The van der Waals surface area contributed by atoms with Crippen molar-refractivity contribution in [3.63, 3.8) is 0 Å². The molecule has 0 N–H and O–H groups in total. The Morgan fingerprint density at radius 1 is 1.00 bits per heavy atom. The van der Waals surface area contributed by atoms with Crippen molar-refractivity contribution in [2.45, 2.75) is 39.9 Å². The van der Waals surface area contributed by atoms with Gasteiger partial charge in [0.1, 0.15) is 0 Å². The van der Waals surface area contributed by atoms with E-state index < -0.39 is 0 Å². The van der Waals surface area contributed by atoms with Gasteiger partial charge in [-0.3, -0.25) is 0 Å². The minimum absolute atomic E-state index is 0.245. The normalized spacial score (nSPS) is 8.73. The number of hydrogen-bond acceptors (Lipinski definition) is 3. The van der Waals surface area contributed by atoms with Crippen molar-refractivity contribution in [1.29, 1.82) is 5.26 Å². The molecule has 0 aromatic rings. The molecule has 0 saturated heterocycles. The fourth-order valence-electron chi connectivity index (χ4n) is 0.254. The topological polar surface area (TPSA) is 42.2 Å². The molecule has 0 aliphatic carbocycles. The summed E-state index contributed by atoms with van der Waals surface area (Å²) in [5.74, 6) is 0. The van der Waals surface area contributed by atoms with Gasteiger partial charge in [-0.05, 0) is 0 Å². The Morgan fingerprint density at radius 2 is 1.27 bits per heavy atom. The van der Waals surface area contributed by atoms with Gasteiger partial charge >= 0.3 is 63.4 Å². The molecule has 0 atom stereocenters. The van der Waals surface area contributed by atoms with Crippen LogP contribution in [0.2, 0.25) is 0 Å². The second-order valence-corrected chi connectivity index (χ2v) is 3.20. The van der Waals surface area contributed by atoms with Crippen molar-refractivity contribution in [2.24, 2.45) is 0 Å². The maximum Gasteiger partial charge on any atom is -0.488 e. The molecule has 0 unspecified atom stereocenters. The standard InChI is InChI=1S/2C3H7O.CN.Al/c2*1-3(2)4;1-2;/h2*3H,1-2H3;;/q3*-1;+3. The van der Waals surface area contributed by atoms with Crippen LogP contribution in [0.4, 0.5) is 0 Å². The van der Waals surface area contributed by atoms with E-state index in [-0.39, 0.29) is 15.9 Å². The molecular formula is C7H14AlNO2. The Kier molecular flexibility index (Phi) is 12.2. The maximum absolute atomic E-state index is 6.25. The van der Waals surface area contributed by atoms with Crippen LogP contribution in [-0.2, 0) is 7.58 Å². The predicted molar refractivity (Wildman–Crippen MR) is 43.2 cm³/mol. The van der Waals surface area contributed by atoms with Gasteiger partial charge in [-0.1, -0.05) is 0 Å². The quantitative estimate of drug-likeness (QED) is 0.475. The van der Waals surface area contributed by atoms with Gasteiger partial charge in [-0.15, -0.1) is 0 Å². The minimum atomic E-state index is -0.245. The molecule has 4 heteroatoms. The van der Waals surface area contributed by atoms with Crippen LogP contribution < -0.4 is 0 Å². The Labute approximate surface area is 75.7 Å². The molecule has 0 heterocycles. The van der Waals surface area contributed by atoms with Crippen LogP contribution >= 0.6 is 0 Å². The molecule has 0 aliphatic heterocycles. The van der Waals surface area contributed by atoms with Gasteiger partial charge in [0.15, 0.2) is 0 Å². The van der Waals surface area contributed by atoms with Gasteiger partial charge in [-0.2, -0.15) is 0 Å². The minimum Gasteiger partial charge on any atom is -0.512 e. The molecule has 62 valence electrons. The van der Waals surface area contributed by atoms with Crippen molar-refractivity contribution < 1.29 is 7.58 Å². The Balaban J connectivity index is 0. The molecular weight excluding hydrogens is 157 g/mol. The average Bonchev–Trinajstić information content (AvgIpc) is 1.90. The van der Waals surface area contributed by atoms with Gasteiger partial charge in [0, 0.05) is 0 Å². The molecule has 0 aliphatic rings. The first-order chi connectivity index (χ1) is 5.13. The summed E-state index contributed by atoms with van der Waals surface area (Å²) in [7, 11) is 0. The van der Waals surface area contributed by atoms with Gasteiger partial charge in [-0.25, -0.2) is 0 Å². The summed E-state index contributed by atoms with van der Waals surface area (Å²) in [6.07, 6.45) is 0.609. The Morgan fingerprint density at radius 3 is 1.45 bits per heavy atom. The summed E-state index contributed by atoms with van der Waals surface area (Å²) < 4.78 is 10.4. The second-order valence-electron chi connectivity index (χ2n) is 2.47. The molecule has 0 fully saturated rings. The first-order valence-electron chi connectivity index (χ1n) is 3.48. The monoisotopic (exact) mass is 171 g/mol. The molecule has 3 nitrogen and oxygen atoms in total.